The number of nitrogens with one attached hydrogen (secondary N) is 1. The Morgan fingerprint density at radius 2 is 1.84 bits per heavy atom. The van der Waals surface area contributed by atoms with Gasteiger partial charge < -0.3 is 10.1 Å². The van der Waals surface area contributed by atoms with E-state index in [1.54, 1.807) is 48.8 Å². The first-order valence-electron chi connectivity index (χ1n) is 9.66. The lowest BCUT2D eigenvalue weighted by Gasteiger charge is -2.15. The molecule has 0 spiro atoms. The third kappa shape index (κ3) is 3.90. The zero-order valence-corrected chi connectivity index (χ0v) is 17.8. The van der Waals surface area contributed by atoms with Crippen LogP contribution >= 0.6 is 11.6 Å². The second-order valence-electron chi connectivity index (χ2n) is 7.05. The number of methoxy groups -OCH3 is 1. The smallest absolute Gasteiger partial charge is 0.278 e. The monoisotopic (exact) mass is 433 g/mol. The first kappa shape index (κ1) is 20.6. The number of amides is 2. The summed E-state index contributed by atoms with van der Waals surface area (Å²) in [4.78, 5) is 32.1. The van der Waals surface area contributed by atoms with E-state index in [4.69, 9.17) is 16.3 Å². The number of carbonyl (C=O) groups excluding carboxylic acids is 2. The van der Waals surface area contributed by atoms with Gasteiger partial charge in [-0.1, -0.05) is 41.9 Å². The average molecular weight is 434 g/mol. The van der Waals surface area contributed by atoms with Crippen LogP contribution < -0.4 is 10.1 Å². The van der Waals surface area contributed by atoms with Crippen LogP contribution in [0.4, 0.5) is 5.69 Å². The second-order valence-corrected chi connectivity index (χ2v) is 7.45. The van der Waals surface area contributed by atoms with Gasteiger partial charge >= 0.3 is 0 Å². The zero-order valence-electron chi connectivity index (χ0n) is 17.1. The standard InChI is InChI=1S/C24H20ClN3O3/c1-15-18(25)9-5-10-19(15)27-22-21(17-8-3-4-11-20(17)31-2)23(29)28(24(22)30)14-16-7-6-12-26-13-16/h3-13,27H,14H2,1-2H3. The molecular weight excluding hydrogens is 414 g/mol. The first-order valence-corrected chi connectivity index (χ1v) is 10.0. The molecule has 1 aliphatic heterocycles. The van der Waals surface area contributed by atoms with Crippen LogP contribution in [0.1, 0.15) is 16.7 Å². The molecule has 1 N–H and O–H groups in total. The number of para-hydroxylation sites is 1. The van der Waals surface area contributed by atoms with E-state index in [0.29, 0.717) is 22.0 Å². The number of hydrogen-bond acceptors (Lipinski definition) is 5. The number of rotatable bonds is 6. The normalized spacial score (nSPS) is 13.7. The van der Waals surface area contributed by atoms with Crippen molar-refractivity contribution >= 4 is 34.7 Å². The Bertz CT molecular complexity index is 1190. The fraction of sp³-hybridized carbons (Fsp3) is 0.125. The molecule has 0 bridgehead atoms. The van der Waals surface area contributed by atoms with Crippen LogP contribution in [-0.4, -0.2) is 28.8 Å². The molecule has 0 unspecified atom stereocenters. The van der Waals surface area contributed by atoms with Crippen LogP contribution in [0.15, 0.2) is 72.7 Å². The minimum atomic E-state index is -0.422. The minimum Gasteiger partial charge on any atom is -0.496 e. The SMILES string of the molecule is COc1ccccc1C1=C(Nc2cccc(Cl)c2C)C(=O)N(Cc2cccnc2)C1=O. The van der Waals surface area contributed by atoms with Gasteiger partial charge in [-0.05, 0) is 42.3 Å². The van der Waals surface area contributed by atoms with Gasteiger partial charge in [-0.3, -0.25) is 19.5 Å². The molecule has 7 heteroatoms. The van der Waals surface area contributed by atoms with Gasteiger partial charge in [0.1, 0.15) is 11.4 Å². The van der Waals surface area contributed by atoms with E-state index >= 15 is 0 Å². The molecule has 6 nitrogen and oxygen atoms in total. The quantitative estimate of drug-likeness (QED) is 0.582. The van der Waals surface area contributed by atoms with E-state index in [9.17, 15) is 9.59 Å². The number of imide groups is 1. The van der Waals surface area contributed by atoms with E-state index in [2.05, 4.69) is 10.3 Å². The van der Waals surface area contributed by atoms with E-state index in [-0.39, 0.29) is 17.8 Å². The number of aromatic nitrogens is 1. The Morgan fingerprint density at radius 3 is 2.58 bits per heavy atom. The maximum absolute atomic E-state index is 13.4. The van der Waals surface area contributed by atoms with Gasteiger partial charge in [-0.15, -0.1) is 0 Å². The molecular formula is C24H20ClN3O3. The third-order valence-electron chi connectivity index (χ3n) is 5.14. The summed E-state index contributed by atoms with van der Waals surface area (Å²) in [6.07, 6.45) is 3.28. The van der Waals surface area contributed by atoms with Gasteiger partial charge in [0, 0.05) is 28.7 Å². The Balaban J connectivity index is 1.82. The summed E-state index contributed by atoms with van der Waals surface area (Å²) in [5, 5.41) is 3.72. The highest BCUT2D eigenvalue weighted by molar-refractivity contribution is 6.37. The fourth-order valence-electron chi connectivity index (χ4n) is 3.49. The van der Waals surface area contributed by atoms with Crippen LogP contribution in [0.25, 0.3) is 5.57 Å². The van der Waals surface area contributed by atoms with Crippen LogP contribution in [0.2, 0.25) is 5.02 Å². The van der Waals surface area contributed by atoms with Gasteiger partial charge in [-0.2, -0.15) is 0 Å². The molecule has 0 saturated carbocycles. The third-order valence-corrected chi connectivity index (χ3v) is 5.54. The number of nitrogens with zero attached hydrogens (tertiary/aromatic N) is 2. The summed E-state index contributed by atoms with van der Waals surface area (Å²) in [5.74, 6) is -0.321. The molecule has 1 aliphatic rings. The van der Waals surface area contributed by atoms with Crippen molar-refractivity contribution in [2.75, 3.05) is 12.4 Å². The molecule has 0 saturated heterocycles. The van der Waals surface area contributed by atoms with E-state index in [1.807, 2.05) is 25.1 Å². The van der Waals surface area contributed by atoms with Gasteiger partial charge in [0.15, 0.2) is 0 Å². The number of pyridine rings is 1. The largest absolute Gasteiger partial charge is 0.496 e. The highest BCUT2D eigenvalue weighted by Gasteiger charge is 2.40. The molecule has 156 valence electrons. The highest BCUT2D eigenvalue weighted by Crippen LogP contribution is 2.36. The van der Waals surface area contributed by atoms with Gasteiger partial charge in [0.05, 0.1) is 19.2 Å². The van der Waals surface area contributed by atoms with Crippen molar-refractivity contribution in [1.29, 1.82) is 0 Å². The summed E-state index contributed by atoms with van der Waals surface area (Å²) < 4.78 is 5.46. The number of benzene rings is 2. The van der Waals surface area contributed by atoms with Crippen molar-refractivity contribution in [3.63, 3.8) is 0 Å². The number of anilines is 1. The van der Waals surface area contributed by atoms with Crippen molar-refractivity contribution in [3.8, 4) is 5.75 Å². The molecule has 2 aromatic carbocycles. The summed E-state index contributed by atoms with van der Waals surface area (Å²) in [5.41, 5.74) is 3.17. The van der Waals surface area contributed by atoms with Crippen LogP contribution in [0.5, 0.6) is 5.75 Å². The topological polar surface area (TPSA) is 71.5 Å². The predicted octanol–water partition coefficient (Wildman–Crippen LogP) is 4.44. The maximum atomic E-state index is 13.4. The van der Waals surface area contributed by atoms with Gasteiger partial charge in [0.2, 0.25) is 0 Å². The molecule has 31 heavy (non-hydrogen) atoms. The summed E-state index contributed by atoms with van der Waals surface area (Å²) >= 11 is 6.26. The molecule has 0 atom stereocenters. The lowest BCUT2D eigenvalue weighted by Crippen LogP contribution is -2.32. The molecule has 2 heterocycles. The maximum Gasteiger partial charge on any atom is 0.278 e. The molecule has 4 rings (SSSR count). The molecule has 0 radical (unpaired) electrons. The average Bonchev–Trinajstić information content (AvgIpc) is 3.01. The summed E-state index contributed by atoms with van der Waals surface area (Å²) in [6.45, 7) is 1.96. The van der Waals surface area contributed by atoms with Crippen LogP contribution in [0, 0.1) is 6.92 Å². The highest BCUT2D eigenvalue weighted by atomic mass is 35.5. The lowest BCUT2D eigenvalue weighted by molar-refractivity contribution is -0.137. The van der Waals surface area contributed by atoms with Gasteiger partial charge in [0.25, 0.3) is 11.8 Å². The van der Waals surface area contributed by atoms with Crippen molar-refractivity contribution in [1.82, 2.24) is 9.88 Å². The van der Waals surface area contributed by atoms with Crippen molar-refractivity contribution in [2.45, 2.75) is 13.5 Å². The number of hydrogen-bond donors (Lipinski definition) is 1. The fourth-order valence-corrected chi connectivity index (χ4v) is 3.66. The number of ether oxygens (including phenoxy) is 1. The van der Waals surface area contributed by atoms with Crippen molar-refractivity contribution < 1.29 is 14.3 Å². The van der Waals surface area contributed by atoms with Crippen LogP contribution in [0.3, 0.4) is 0 Å². The number of halogens is 1. The van der Waals surface area contributed by atoms with Crippen molar-refractivity contribution in [2.24, 2.45) is 0 Å². The predicted molar refractivity (Wildman–Crippen MR) is 120 cm³/mol. The van der Waals surface area contributed by atoms with E-state index in [0.717, 1.165) is 11.1 Å². The van der Waals surface area contributed by atoms with Gasteiger partial charge in [-0.25, -0.2) is 0 Å². The minimum absolute atomic E-state index is 0.115. The Morgan fingerprint density at radius 1 is 1.03 bits per heavy atom. The number of carbonyl (C=O) groups is 2. The Hall–Kier alpha value is -3.64. The molecule has 0 fully saturated rings. The lowest BCUT2D eigenvalue weighted by atomic mass is 10.0. The van der Waals surface area contributed by atoms with Crippen molar-refractivity contribution in [3.05, 3.63) is 94.4 Å². The Labute approximate surface area is 185 Å². The van der Waals surface area contributed by atoms with E-state index < -0.39 is 11.8 Å². The molecule has 0 aliphatic carbocycles. The second kappa shape index (κ2) is 8.62. The molecule has 3 aromatic rings. The molecule has 1 aromatic heterocycles. The molecule has 2 amide bonds. The summed E-state index contributed by atoms with van der Waals surface area (Å²) in [7, 11) is 1.53. The van der Waals surface area contributed by atoms with E-state index in [1.165, 1.54) is 12.0 Å². The first-order chi connectivity index (χ1) is 15.0. The summed E-state index contributed by atoms with van der Waals surface area (Å²) in [6, 6.07) is 16.1. The Kier molecular flexibility index (Phi) is 5.73. The zero-order chi connectivity index (χ0) is 22.0. The van der Waals surface area contributed by atoms with Crippen LogP contribution in [-0.2, 0) is 16.1 Å².